The number of amides is 2. The first kappa shape index (κ1) is 21.5. The van der Waals surface area contributed by atoms with Gasteiger partial charge in [-0.1, -0.05) is 36.4 Å². The first-order valence-corrected chi connectivity index (χ1v) is 9.38. The Hall–Kier alpha value is -2.83. The highest BCUT2D eigenvalue weighted by molar-refractivity contribution is 5.87. The van der Waals surface area contributed by atoms with Crippen LogP contribution in [0.4, 0.5) is 4.79 Å². The monoisotopic (exact) mass is 388 g/mol. The lowest BCUT2D eigenvalue weighted by Crippen LogP contribution is -2.49. The first-order chi connectivity index (χ1) is 13.2. The lowest BCUT2D eigenvalue weighted by molar-refractivity contribution is -0.144. The smallest absolute Gasteiger partial charge is 0.408 e. The Kier molecular flexibility index (Phi) is 7.20. The van der Waals surface area contributed by atoms with Crippen LogP contribution in [0.25, 0.3) is 0 Å². The van der Waals surface area contributed by atoms with E-state index in [1.165, 1.54) is 0 Å². The van der Waals surface area contributed by atoms with Crippen LogP contribution in [-0.2, 0) is 25.5 Å². The molecular weight excluding hydrogens is 360 g/mol. The van der Waals surface area contributed by atoms with Gasteiger partial charge in [0, 0.05) is 13.0 Å². The molecule has 2 amide bonds. The summed E-state index contributed by atoms with van der Waals surface area (Å²) in [5.74, 6) is -1.00. The number of carbonyl (C=O) groups excluding carboxylic acids is 3. The second-order valence-corrected chi connectivity index (χ2v) is 7.58. The Morgan fingerprint density at radius 2 is 1.82 bits per heavy atom. The van der Waals surface area contributed by atoms with Crippen molar-refractivity contribution in [3.05, 3.63) is 47.5 Å². The third-order valence-electron chi connectivity index (χ3n) is 3.97. The Labute approximate surface area is 165 Å². The van der Waals surface area contributed by atoms with E-state index in [1.807, 2.05) is 30.3 Å². The SMILES string of the molecule is CCOC(=O)[C@H]1C=C1CNC(=O)[C@H](Cc1ccccc1)NC(=O)OC(C)(C)C. The summed E-state index contributed by atoms with van der Waals surface area (Å²) >= 11 is 0. The van der Waals surface area contributed by atoms with Gasteiger partial charge in [0.05, 0.1) is 12.5 Å². The van der Waals surface area contributed by atoms with Crippen molar-refractivity contribution < 1.29 is 23.9 Å². The zero-order valence-corrected chi connectivity index (χ0v) is 16.8. The number of ether oxygens (including phenoxy) is 2. The van der Waals surface area contributed by atoms with Gasteiger partial charge in [0.1, 0.15) is 11.6 Å². The number of hydrogen-bond acceptors (Lipinski definition) is 5. The molecule has 0 heterocycles. The number of esters is 1. The maximum Gasteiger partial charge on any atom is 0.408 e. The minimum absolute atomic E-state index is 0.240. The fraction of sp³-hybridized carbons (Fsp3) is 0.476. The quantitative estimate of drug-likeness (QED) is 0.527. The van der Waals surface area contributed by atoms with Gasteiger partial charge in [-0.3, -0.25) is 9.59 Å². The first-order valence-electron chi connectivity index (χ1n) is 9.38. The van der Waals surface area contributed by atoms with Crippen LogP contribution in [0.3, 0.4) is 0 Å². The van der Waals surface area contributed by atoms with E-state index in [1.54, 1.807) is 33.8 Å². The van der Waals surface area contributed by atoms with Gasteiger partial charge in [0.15, 0.2) is 0 Å². The highest BCUT2D eigenvalue weighted by Gasteiger charge is 2.34. The largest absolute Gasteiger partial charge is 0.465 e. The number of benzene rings is 1. The molecule has 0 radical (unpaired) electrons. The molecule has 0 aliphatic heterocycles. The predicted molar refractivity (Wildman–Crippen MR) is 105 cm³/mol. The van der Waals surface area contributed by atoms with Crippen molar-refractivity contribution in [1.82, 2.24) is 10.6 Å². The van der Waals surface area contributed by atoms with Crippen molar-refractivity contribution in [3.63, 3.8) is 0 Å². The van der Waals surface area contributed by atoms with E-state index < -0.39 is 17.7 Å². The Morgan fingerprint density at radius 3 is 2.43 bits per heavy atom. The summed E-state index contributed by atoms with van der Waals surface area (Å²) in [4.78, 5) is 36.5. The van der Waals surface area contributed by atoms with Gasteiger partial charge in [-0.05, 0) is 38.8 Å². The highest BCUT2D eigenvalue weighted by Crippen LogP contribution is 2.29. The highest BCUT2D eigenvalue weighted by atomic mass is 16.6. The Balaban J connectivity index is 1.94. The average Bonchev–Trinajstić information content (AvgIpc) is 3.38. The maximum atomic E-state index is 12.7. The molecular formula is C21H28N2O5. The molecule has 0 aromatic heterocycles. The molecule has 0 unspecified atom stereocenters. The summed E-state index contributed by atoms with van der Waals surface area (Å²) in [6.07, 6.45) is 1.43. The molecule has 2 rings (SSSR count). The van der Waals surface area contributed by atoms with Gasteiger partial charge in [-0.2, -0.15) is 0 Å². The van der Waals surface area contributed by atoms with Crippen LogP contribution in [-0.4, -0.2) is 42.8 Å². The van der Waals surface area contributed by atoms with E-state index in [0.29, 0.717) is 13.0 Å². The van der Waals surface area contributed by atoms with Crippen LogP contribution in [0.2, 0.25) is 0 Å². The molecule has 0 saturated carbocycles. The topological polar surface area (TPSA) is 93.7 Å². The van der Waals surface area contributed by atoms with Crippen LogP contribution in [0.15, 0.2) is 42.0 Å². The van der Waals surface area contributed by atoms with Crippen LogP contribution in [0.5, 0.6) is 0 Å². The van der Waals surface area contributed by atoms with Crippen molar-refractivity contribution >= 4 is 18.0 Å². The Morgan fingerprint density at radius 1 is 1.14 bits per heavy atom. The van der Waals surface area contributed by atoms with Crippen LogP contribution in [0.1, 0.15) is 33.3 Å². The zero-order chi connectivity index (χ0) is 20.7. The van der Waals surface area contributed by atoms with E-state index >= 15 is 0 Å². The fourth-order valence-electron chi connectivity index (χ4n) is 2.61. The maximum absolute atomic E-state index is 12.7. The van der Waals surface area contributed by atoms with Gasteiger partial charge in [0.25, 0.3) is 0 Å². The molecule has 2 atom stereocenters. The van der Waals surface area contributed by atoms with E-state index in [4.69, 9.17) is 9.47 Å². The molecule has 28 heavy (non-hydrogen) atoms. The molecule has 0 spiro atoms. The van der Waals surface area contributed by atoms with Gasteiger partial charge in [-0.15, -0.1) is 0 Å². The molecule has 7 nitrogen and oxygen atoms in total. The number of rotatable bonds is 8. The molecule has 2 N–H and O–H groups in total. The molecule has 1 aliphatic rings. The van der Waals surface area contributed by atoms with Crippen molar-refractivity contribution in [2.75, 3.05) is 13.2 Å². The van der Waals surface area contributed by atoms with Crippen molar-refractivity contribution in [1.29, 1.82) is 0 Å². The van der Waals surface area contributed by atoms with Gasteiger partial charge >= 0.3 is 12.1 Å². The van der Waals surface area contributed by atoms with Crippen LogP contribution >= 0.6 is 0 Å². The summed E-state index contributed by atoms with van der Waals surface area (Å²) in [5, 5.41) is 5.41. The third kappa shape index (κ3) is 7.06. The summed E-state index contributed by atoms with van der Waals surface area (Å²) in [6.45, 7) is 7.58. The summed E-state index contributed by atoms with van der Waals surface area (Å²) in [5.41, 5.74) is 1.06. The molecule has 1 aromatic rings. The third-order valence-corrected chi connectivity index (χ3v) is 3.97. The average molecular weight is 388 g/mol. The molecule has 0 fully saturated rings. The van der Waals surface area contributed by atoms with Crippen molar-refractivity contribution in [3.8, 4) is 0 Å². The fourth-order valence-corrected chi connectivity index (χ4v) is 2.61. The van der Waals surface area contributed by atoms with Crippen LogP contribution < -0.4 is 10.6 Å². The number of carbonyl (C=O) groups is 3. The normalized spacial score (nSPS) is 16.4. The summed E-state index contributed by atoms with van der Waals surface area (Å²) in [7, 11) is 0. The van der Waals surface area contributed by atoms with E-state index in [9.17, 15) is 14.4 Å². The Bertz CT molecular complexity index is 737. The molecule has 7 heteroatoms. The van der Waals surface area contributed by atoms with E-state index in [-0.39, 0.29) is 24.3 Å². The number of hydrogen-bond donors (Lipinski definition) is 2. The van der Waals surface area contributed by atoms with Crippen LogP contribution in [0, 0.1) is 5.92 Å². The van der Waals surface area contributed by atoms with Crippen molar-refractivity contribution in [2.24, 2.45) is 5.92 Å². The molecule has 0 saturated heterocycles. The van der Waals surface area contributed by atoms with E-state index in [2.05, 4.69) is 10.6 Å². The minimum Gasteiger partial charge on any atom is -0.465 e. The minimum atomic E-state index is -0.794. The van der Waals surface area contributed by atoms with Gasteiger partial charge < -0.3 is 20.1 Å². The molecule has 1 aromatic carbocycles. The number of nitrogens with one attached hydrogen (secondary N) is 2. The zero-order valence-electron chi connectivity index (χ0n) is 16.8. The van der Waals surface area contributed by atoms with Crippen molar-refractivity contribution in [2.45, 2.75) is 45.8 Å². The summed E-state index contributed by atoms with van der Waals surface area (Å²) < 4.78 is 10.2. The second kappa shape index (κ2) is 9.39. The summed E-state index contributed by atoms with van der Waals surface area (Å²) in [6, 6.07) is 8.61. The van der Waals surface area contributed by atoms with Gasteiger partial charge in [0.2, 0.25) is 5.91 Å². The number of alkyl carbamates (subject to hydrolysis) is 1. The standard InChI is InChI=1S/C21H28N2O5/c1-5-27-19(25)16-12-15(16)13-22-18(24)17(11-14-9-7-6-8-10-14)23-20(26)28-21(2,3)4/h6-10,12,16-17H,5,11,13H2,1-4H3,(H,22,24)(H,23,26)/t16-,17-/m0/s1. The predicted octanol–water partition coefficient (Wildman–Crippen LogP) is 2.36. The molecule has 0 bridgehead atoms. The van der Waals surface area contributed by atoms with E-state index in [0.717, 1.165) is 11.1 Å². The molecule has 152 valence electrons. The lowest BCUT2D eigenvalue weighted by atomic mass is 10.1. The second-order valence-electron chi connectivity index (χ2n) is 7.58. The lowest BCUT2D eigenvalue weighted by Gasteiger charge is -2.23. The molecule has 1 aliphatic carbocycles. The van der Waals surface area contributed by atoms with Gasteiger partial charge in [-0.25, -0.2) is 4.79 Å².